The Morgan fingerprint density at radius 3 is 2.67 bits per heavy atom. The van der Waals surface area contributed by atoms with Crippen LogP contribution in [0.25, 0.3) is 0 Å². The summed E-state index contributed by atoms with van der Waals surface area (Å²) in [6.45, 7) is -0.154. The number of hydrogen-bond acceptors (Lipinski definition) is 2. The lowest BCUT2D eigenvalue weighted by Gasteiger charge is -2.26. The van der Waals surface area contributed by atoms with Gasteiger partial charge >= 0.3 is 0 Å². The van der Waals surface area contributed by atoms with E-state index in [-0.39, 0.29) is 12.3 Å². The molecule has 0 aromatic heterocycles. The van der Waals surface area contributed by atoms with E-state index in [0.717, 1.165) is 0 Å². The Morgan fingerprint density at radius 2 is 2.08 bits per heavy atom. The number of rotatable bonds is 4. The van der Waals surface area contributed by atoms with Gasteiger partial charge in [0.2, 0.25) is 11.8 Å². The number of alkyl halides is 4. The van der Waals surface area contributed by atoms with Gasteiger partial charge in [0.1, 0.15) is 17.0 Å². The molecule has 3 rings (SSSR count). The van der Waals surface area contributed by atoms with Crippen LogP contribution in [0.4, 0.5) is 10.1 Å². The van der Waals surface area contributed by atoms with Gasteiger partial charge in [0, 0.05) is 25.7 Å². The number of carbonyl (C=O) groups is 2. The second-order valence-electron chi connectivity index (χ2n) is 6.20. The minimum absolute atomic E-state index is 0.150. The van der Waals surface area contributed by atoms with Crippen molar-refractivity contribution in [3.05, 3.63) is 29.8 Å². The highest BCUT2D eigenvalue weighted by molar-refractivity contribution is 6.62. The summed E-state index contributed by atoms with van der Waals surface area (Å²) < 4.78 is 11.5. The molecule has 130 valence electrons. The maximum absolute atomic E-state index is 12.8. The fourth-order valence-corrected chi connectivity index (χ4v) is 4.04. The average molecular weight is 394 g/mol. The van der Waals surface area contributed by atoms with E-state index in [1.165, 1.54) is 11.9 Å². The maximum Gasteiger partial charge on any atom is 0.249 e. The van der Waals surface area contributed by atoms with Gasteiger partial charge in [-0.05, 0) is 24.1 Å². The molecule has 2 atom stereocenters. The quantitative estimate of drug-likeness (QED) is 0.737. The highest BCUT2D eigenvalue weighted by Gasteiger charge is 2.72. The predicted octanol–water partition coefficient (Wildman–Crippen LogP) is 3.28. The first-order valence-electron chi connectivity index (χ1n) is 7.51. The lowest BCUT2D eigenvalue weighted by molar-refractivity contribution is -0.137. The first kappa shape index (κ1) is 17.8. The second kappa shape index (κ2) is 6.04. The Balaban J connectivity index is 1.75. The summed E-state index contributed by atoms with van der Waals surface area (Å²) >= 11 is 18.1. The number of halogens is 4. The van der Waals surface area contributed by atoms with Crippen LogP contribution in [0.1, 0.15) is 18.4 Å². The molecular weight excluding hydrogens is 378 g/mol. The van der Waals surface area contributed by atoms with Gasteiger partial charge < -0.3 is 9.80 Å². The number of hydrogen-bond donors (Lipinski definition) is 0. The molecule has 2 fully saturated rings. The zero-order chi connectivity index (χ0) is 17.7. The molecule has 1 aromatic rings. The van der Waals surface area contributed by atoms with Crippen LogP contribution in [0.3, 0.4) is 0 Å². The molecule has 2 aliphatic rings. The van der Waals surface area contributed by atoms with Crippen LogP contribution in [0, 0.1) is 0 Å². The summed E-state index contributed by atoms with van der Waals surface area (Å²) in [5.41, 5.74) is 1.12. The van der Waals surface area contributed by atoms with Gasteiger partial charge in [-0.1, -0.05) is 35.3 Å². The van der Waals surface area contributed by atoms with Gasteiger partial charge in [-0.25, -0.2) is 4.39 Å². The Labute approximate surface area is 154 Å². The van der Waals surface area contributed by atoms with Crippen molar-refractivity contribution in [2.75, 3.05) is 18.5 Å². The maximum atomic E-state index is 12.8. The Bertz CT molecular complexity index is 700. The molecule has 1 aliphatic carbocycles. The molecule has 24 heavy (non-hydrogen) atoms. The zero-order valence-electron chi connectivity index (χ0n) is 12.9. The Morgan fingerprint density at radius 1 is 1.42 bits per heavy atom. The number of amides is 2. The minimum Gasteiger partial charge on any atom is -0.332 e. The number of anilines is 1. The average Bonchev–Trinajstić information content (AvgIpc) is 2.89. The molecule has 0 N–H and O–H groups in total. The van der Waals surface area contributed by atoms with Crippen LogP contribution < -0.4 is 4.90 Å². The van der Waals surface area contributed by atoms with Crippen molar-refractivity contribution in [2.24, 2.45) is 0 Å². The van der Waals surface area contributed by atoms with E-state index in [1.54, 1.807) is 29.2 Å². The molecule has 2 unspecified atom stereocenters. The third kappa shape index (κ3) is 2.76. The molecule has 1 saturated carbocycles. The summed E-state index contributed by atoms with van der Waals surface area (Å²) in [7, 11) is 1.53. The van der Waals surface area contributed by atoms with Crippen molar-refractivity contribution < 1.29 is 14.0 Å². The van der Waals surface area contributed by atoms with Crippen molar-refractivity contribution in [3.63, 3.8) is 0 Å². The monoisotopic (exact) mass is 392 g/mol. The van der Waals surface area contributed by atoms with E-state index >= 15 is 0 Å². The molecule has 8 heteroatoms. The first-order chi connectivity index (χ1) is 11.2. The molecule has 1 saturated heterocycles. The molecule has 0 bridgehead atoms. The van der Waals surface area contributed by atoms with Crippen LogP contribution >= 0.6 is 34.8 Å². The van der Waals surface area contributed by atoms with Gasteiger partial charge in [0.05, 0.1) is 0 Å². The van der Waals surface area contributed by atoms with Gasteiger partial charge in [-0.2, -0.15) is 0 Å². The minimum atomic E-state index is -1.37. The lowest BCUT2D eigenvalue weighted by atomic mass is 10.2. The van der Waals surface area contributed by atoms with Crippen molar-refractivity contribution in [3.8, 4) is 0 Å². The largest absolute Gasteiger partial charge is 0.332 e. The van der Waals surface area contributed by atoms with Crippen LogP contribution in [0.2, 0.25) is 0 Å². The van der Waals surface area contributed by atoms with Gasteiger partial charge in [0.25, 0.3) is 0 Å². The van der Waals surface area contributed by atoms with E-state index in [2.05, 4.69) is 0 Å². The topological polar surface area (TPSA) is 40.6 Å². The molecule has 4 nitrogen and oxygen atoms in total. The Kier molecular flexibility index (Phi) is 4.47. The number of nitrogens with zero attached hydrogens (tertiary/aromatic N) is 2. The van der Waals surface area contributed by atoms with Gasteiger partial charge in [-0.3, -0.25) is 9.59 Å². The van der Waals surface area contributed by atoms with E-state index in [1.807, 2.05) is 0 Å². The normalized spacial score (nSPS) is 28.1. The highest BCUT2D eigenvalue weighted by Crippen LogP contribution is 2.62. The standard InChI is InChI=1S/C16H16Cl3FN2O2/c1-21(14(24)15(17)9-16(15,18)19)12-5-6-22(13(12)23)11-4-2-3-10(7-11)8-20/h2-4,7,12H,5-6,8-9H2,1H3. The summed E-state index contributed by atoms with van der Waals surface area (Å²) in [6.07, 6.45) is 0.614. The lowest BCUT2D eigenvalue weighted by Crippen LogP contribution is -2.47. The Hall–Kier alpha value is -1.04. The molecule has 0 spiro atoms. The van der Waals surface area contributed by atoms with Crippen LogP contribution in [0.5, 0.6) is 0 Å². The van der Waals surface area contributed by atoms with E-state index < -0.39 is 27.8 Å². The summed E-state index contributed by atoms with van der Waals surface area (Å²) in [5.74, 6) is -0.676. The van der Waals surface area contributed by atoms with Crippen molar-refractivity contribution in [1.82, 2.24) is 4.90 Å². The SMILES string of the molecule is CN(C(=O)C1(Cl)CC1(Cl)Cl)C1CCN(c2cccc(CF)c2)C1=O. The molecule has 1 heterocycles. The first-order valence-corrected chi connectivity index (χ1v) is 8.65. The predicted molar refractivity (Wildman–Crippen MR) is 92.4 cm³/mol. The summed E-state index contributed by atoms with van der Waals surface area (Å²) in [4.78, 5) is 26.7. The van der Waals surface area contributed by atoms with Crippen LogP contribution in [-0.2, 0) is 16.3 Å². The van der Waals surface area contributed by atoms with Crippen molar-refractivity contribution in [1.29, 1.82) is 0 Å². The van der Waals surface area contributed by atoms with E-state index in [0.29, 0.717) is 24.2 Å². The third-order valence-electron chi connectivity index (χ3n) is 4.60. The zero-order valence-corrected chi connectivity index (χ0v) is 15.2. The highest BCUT2D eigenvalue weighted by atomic mass is 35.5. The number of carbonyl (C=O) groups excluding carboxylic acids is 2. The number of likely N-dealkylation sites (N-methyl/N-ethyl adjacent to an activating group) is 1. The molecule has 2 amide bonds. The van der Waals surface area contributed by atoms with Crippen LogP contribution in [-0.4, -0.2) is 45.6 Å². The third-order valence-corrected chi connectivity index (χ3v) is 6.32. The summed E-state index contributed by atoms with van der Waals surface area (Å²) in [5, 5.41) is 0. The fraction of sp³-hybridized carbons (Fsp3) is 0.500. The fourth-order valence-electron chi connectivity index (χ4n) is 3.00. The van der Waals surface area contributed by atoms with Crippen molar-refractivity contribution in [2.45, 2.75) is 34.8 Å². The second-order valence-corrected chi connectivity index (χ2v) is 8.33. The smallest absolute Gasteiger partial charge is 0.249 e. The van der Waals surface area contributed by atoms with Gasteiger partial charge in [-0.15, -0.1) is 11.6 Å². The molecule has 1 aromatic carbocycles. The molecule has 1 aliphatic heterocycles. The van der Waals surface area contributed by atoms with Crippen molar-refractivity contribution >= 4 is 52.3 Å². The number of benzene rings is 1. The molecule has 0 radical (unpaired) electrons. The van der Waals surface area contributed by atoms with E-state index in [4.69, 9.17) is 34.8 Å². The van der Waals surface area contributed by atoms with Gasteiger partial charge in [0.15, 0.2) is 4.87 Å². The van der Waals surface area contributed by atoms with Crippen LogP contribution in [0.15, 0.2) is 24.3 Å². The molecular formula is C16H16Cl3FN2O2. The summed E-state index contributed by atoms with van der Waals surface area (Å²) in [6, 6.07) is 6.10. The van der Waals surface area contributed by atoms with E-state index in [9.17, 15) is 14.0 Å².